The van der Waals surface area contributed by atoms with Gasteiger partial charge in [-0.3, -0.25) is 4.79 Å². The number of aryl methyl sites for hydroxylation is 1. The van der Waals surface area contributed by atoms with E-state index < -0.39 is 0 Å². The van der Waals surface area contributed by atoms with Crippen LogP contribution in [0.2, 0.25) is 0 Å². The lowest BCUT2D eigenvalue weighted by atomic mass is 9.70. The maximum Gasteiger partial charge on any atom is 0.276 e. The molecular weight excluding hydrogens is 358 g/mol. The van der Waals surface area contributed by atoms with E-state index in [0.717, 1.165) is 29.8 Å². The number of carbonyl (C=O) groups is 1. The Hall–Kier alpha value is -2.88. The van der Waals surface area contributed by atoms with Crippen LogP contribution in [0.4, 0.5) is 5.69 Å². The third-order valence-corrected chi connectivity index (χ3v) is 7.54. The molecule has 2 atom stereocenters. The van der Waals surface area contributed by atoms with E-state index in [1.165, 1.54) is 11.3 Å². The number of anilines is 1. The van der Waals surface area contributed by atoms with Gasteiger partial charge in [0, 0.05) is 16.7 Å². The van der Waals surface area contributed by atoms with E-state index in [4.69, 9.17) is 5.10 Å². The number of amides is 1. The van der Waals surface area contributed by atoms with Gasteiger partial charge < -0.3 is 5.32 Å². The maximum atomic E-state index is 13.3. The van der Waals surface area contributed by atoms with Crippen LogP contribution < -0.4 is 5.32 Å². The summed E-state index contributed by atoms with van der Waals surface area (Å²) in [6.07, 6.45) is 2.25. The summed E-state index contributed by atoms with van der Waals surface area (Å²) in [6, 6.07) is 18.1. The molecule has 3 aromatic rings. The van der Waals surface area contributed by atoms with Crippen molar-refractivity contribution in [1.29, 1.82) is 0 Å². The van der Waals surface area contributed by atoms with Gasteiger partial charge >= 0.3 is 0 Å². The monoisotopic (exact) mass is 385 g/mol. The summed E-state index contributed by atoms with van der Waals surface area (Å²) in [5.74, 6) is 0.241. The second kappa shape index (κ2) is 6.06. The summed E-state index contributed by atoms with van der Waals surface area (Å²) in [4.78, 5) is 13.3. The van der Waals surface area contributed by atoms with E-state index in [1.807, 2.05) is 54.1 Å². The number of benzene rings is 2. The number of hydrogen-bond acceptors (Lipinski definition) is 2. The van der Waals surface area contributed by atoms with E-state index in [0.29, 0.717) is 11.6 Å². The number of hydrogen-bond donors (Lipinski definition) is 1. The SMILES string of the molecule is Cc1ccc(NC(=O)c2nn(-c3ccccc3)c3c2[C@H]2CC[C@@]3(C)C2(C)C)cc1. The first-order valence-corrected chi connectivity index (χ1v) is 10.4. The predicted octanol–water partition coefficient (Wildman–Crippen LogP) is 5.61. The molecule has 1 amide bonds. The number of nitrogens with one attached hydrogen (secondary N) is 1. The van der Waals surface area contributed by atoms with E-state index in [-0.39, 0.29) is 16.7 Å². The molecule has 0 spiro atoms. The molecule has 1 aromatic heterocycles. The van der Waals surface area contributed by atoms with Crippen molar-refractivity contribution in [3.8, 4) is 5.69 Å². The van der Waals surface area contributed by atoms with E-state index >= 15 is 0 Å². The zero-order valence-electron chi connectivity index (χ0n) is 17.5. The molecule has 2 aromatic carbocycles. The fourth-order valence-electron chi connectivity index (χ4n) is 5.47. The molecule has 1 N–H and O–H groups in total. The molecular formula is C25H27N3O. The van der Waals surface area contributed by atoms with Gasteiger partial charge in [0.15, 0.2) is 5.69 Å². The molecule has 0 radical (unpaired) electrons. The van der Waals surface area contributed by atoms with Crippen molar-refractivity contribution >= 4 is 11.6 Å². The van der Waals surface area contributed by atoms with Gasteiger partial charge in [0.1, 0.15) is 0 Å². The zero-order valence-corrected chi connectivity index (χ0v) is 17.5. The van der Waals surface area contributed by atoms with Crippen LogP contribution in [0.1, 0.15) is 66.8 Å². The van der Waals surface area contributed by atoms with Crippen LogP contribution in [0.3, 0.4) is 0 Å². The second-order valence-electron chi connectivity index (χ2n) is 9.32. The van der Waals surface area contributed by atoms with Crippen LogP contribution in [0.25, 0.3) is 5.69 Å². The Morgan fingerprint density at radius 1 is 1.07 bits per heavy atom. The first kappa shape index (κ1) is 18.2. The predicted molar refractivity (Wildman–Crippen MR) is 116 cm³/mol. The number of para-hydroxylation sites is 1. The van der Waals surface area contributed by atoms with Crippen molar-refractivity contribution in [3.63, 3.8) is 0 Å². The molecule has 1 heterocycles. The fraction of sp³-hybridized carbons (Fsp3) is 0.360. The van der Waals surface area contributed by atoms with Crippen LogP contribution in [-0.4, -0.2) is 15.7 Å². The average Bonchev–Trinajstić information content (AvgIpc) is 3.27. The lowest BCUT2D eigenvalue weighted by Gasteiger charge is -2.35. The van der Waals surface area contributed by atoms with Gasteiger partial charge in [-0.05, 0) is 55.4 Å². The molecule has 5 rings (SSSR count). The normalized spacial score (nSPS) is 23.8. The molecule has 4 nitrogen and oxygen atoms in total. The summed E-state index contributed by atoms with van der Waals surface area (Å²) in [5.41, 5.74) is 6.06. The third-order valence-electron chi connectivity index (χ3n) is 7.54. The summed E-state index contributed by atoms with van der Waals surface area (Å²) >= 11 is 0. The van der Waals surface area contributed by atoms with Gasteiger partial charge in [-0.1, -0.05) is 56.7 Å². The van der Waals surface area contributed by atoms with Crippen LogP contribution in [0, 0.1) is 12.3 Å². The van der Waals surface area contributed by atoms with Gasteiger partial charge in [0.2, 0.25) is 0 Å². The smallest absolute Gasteiger partial charge is 0.276 e. The van der Waals surface area contributed by atoms with Crippen LogP contribution in [0.15, 0.2) is 54.6 Å². The molecule has 1 fully saturated rings. The van der Waals surface area contributed by atoms with Crippen molar-refractivity contribution in [2.45, 2.75) is 51.9 Å². The van der Waals surface area contributed by atoms with E-state index in [2.05, 4.69) is 38.2 Å². The number of rotatable bonds is 3. The van der Waals surface area contributed by atoms with Gasteiger partial charge in [-0.15, -0.1) is 0 Å². The summed E-state index contributed by atoms with van der Waals surface area (Å²) in [7, 11) is 0. The standard InChI is InChI=1S/C25H27N3O/c1-16-10-12-17(13-11-16)26-23(29)21-20-19-14-15-25(4,24(19,2)3)22(20)28(27-21)18-8-6-5-7-9-18/h5-13,19H,14-15H2,1-4H3,(H,26,29)/t19-,25-/m1/s1. The van der Waals surface area contributed by atoms with Gasteiger partial charge in [-0.2, -0.15) is 5.10 Å². The number of fused-ring (bicyclic) bond motifs is 5. The van der Waals surface area contributed by atoms with Crippen molar-refractivity contribution < 1.29 is 4.79 Å². The summed E-state index contributed by atoms with van der Waals surface area (Å²) in [5, 5.41) is 7.94. The Morgan fingerprint density at radius 3 is 2.45 bits per heavy atom. The lowest BCUT2D eigenvalue weighted by Crippen LogP contribution is -2.33. The summed E-state index contributed by atoms with van der Waals surface area (Å²) in [6.45, 7) is 9.09. The minimum absolute atomic E-state index is 0.0121. The Bertz CT molecular complexity index is 1100. The minimum atomic E-state index is -0.119. The first-order chi connectivity index (χ1) is 13.8. The van der Waals surface area contributed by atoms with Crippen molar-refractivity contribution in [1.82, 2.24) is 9.78 Å². The lowest BCUT2D eigenvalue weighted by molar-refractivity contribution is 0.101. The molecule has 1 saturated carbocycles. The maximum absolute atomic E-state index is 13.3. The Labute approximate surface area is 172 Å². The van der Waals surface area contributed by atoms with Crippen molar-refractivity contribution in [3.05, 3.63) is 77.1 Å². The van der Waals surface area contributed by atoms with Crippen LogP contribution in [-0.2, 0) is 5.41 Å². The number of aromatic nitrogens is 2. The molecule has 2 aliphatic rings. The highest BCUT2D eigenvalue weighted by atomic mass is 16.2. The molecule has 148 valence electrons. The fourth-order valence-corrected chi connectivity index (χ4v) is 5.47. The van der Waals surface area contributed by atoms with Gasteiger partial charge in [0.25, 0.3) is 5.91 Å². The van der Waals surface area contributed by atoms with E-state index in [1.54, 1.807) is 0 Å². The first-order valence-electron chi connectivity index (χ1n) is 10.4. The van der Waals surface area contributed by atoms with E-state index in [9.17, 15) is 4.79 Å². The van der Waals surface area contributed by atoms with Crippen LogP contribution in [0.5, 0.6) is 0 Å². The Kier molecular flexibility index (Phi) is 3.79. The topological polar surface area (TPSA) is 46.9 Å². The summed E-state index contributed by atoms with van der Waals surface area (Å²) < 4.78 is 2.03. The number of carbonyl (C=O) groups excluding carboxylic acids is 1. The minimum Gasteiger partial charge on any atom is -0.321 e. The molecule has 0 saturated heterocycles. The largest absolute Gasteiger partial charge is 0.321 e. The molecule has 4 heteroatoms. The average molecular weight is 386 g/mol. The van der Waals surface area contributed by atoms with Gasteiger partial charge in [-0.25, -0.2) is 4.68 Å². The highest BCUT2D eigenvalue weighted by molar-refractivity contribution is 6.04. The van der Waals surface area contributed by atoms with Gasteiger partial charge in [0.05, 0.1) is 11.4 Å². The molecule has 2 bridgehead atoms. The third kappa shape index (κ3) is 2.44. The van der Waals surface area contributed by atoms with Crippen molar-refractivity contribution in [2.75, 3.05) is 5.32 Å². The highest BCUT2D eigenvalue weighted by Gasteiger charge is 2.63. The second-order valence-corrected chi connectivity index (χ2v) is 9.32. The molecule has 0 unspecified atom stereocenters. The Balaban J connectivity index is 1.65. The molecule has 2 aliphatic carbocycles. The number of nitrogens with zero attached hydrogens (tertiary/aromatic N) is 2. The zero-order chi connectivity index (χ0) is 20.4. The van der Waals surface area contributed by atoms with Crippen molar-refractivity contribution in [2.24, 2.45) is 5.41 Å². The van der Waals surface area contributed by atoms with Crippen LogP contribution >= 0.6 is 0 Å². The molecule has 0 aliphatic heterocycles. The Morgan fingerprint density at radius 2 is 1.76 bits per heavy atom. The molecule has 29 heavy (non-hydrogen) atoms. The highest BCUT2D eigenvalue weighted by Crippen LogP contribution is 2.68. The quantitative estimate of drug-likeness (QED) is 0.637.